The summed E-state index contributed by atoms with van der Waals surface area (Å²) >= 11 is 0. The second-order valence-corrected chi connectivity index (χ2v) is 4.66. The van der Waals surface area contributed by atoms with E-state index in [0.717, 1.165) is 17.1 Å². The number of carbonyl (C=O) groups is 1. The molecule has 0 spiro atoms. The van der Waals surface area contributed by atoms with Gasteiger partial charge in [0.15, 0.2) is 11.6 Å². The van der Waals surface area contributed by atoms with Gasteiger partial charge in [-0.2, -0.15) is 0 Å². The highest BCUT2D eigenvalue weighted by Gasteiger charge is 2.15. The number of esters is 1. The maximum absolute atomic E-state index is 13.9. The zero-order chi connectivity index (χ0) is 14.8. The molecular weight excluding hydrogens is 274 g/mol. The molecule has 0 radical (unpaired) electrons. The van der Waals surface area contributed by atoms with Crippen molar-refractivity contribution < 1.29 is 23.3 Å². The zero-order valence-electron chi connectivity index (χ0n) is 11.4. The topological polar surface area (TPSA) is 44.8 Å². The van der Waals surface area contributed by atoms with E-state index in [1.54, 1.807) is 6.07 Å². The summed E-state index contributed by atoms with van der Waals surface area (Å²) in [4.78, 5) is 11.3. The fourth-order valence-corrected chi connectivity index (χ4v) is 2.17. The molecule has 2 aromatic rings. The Morgan fingerprint density at radius 3 is 2.90 bits per heavy atom. The van der Waals surface area contributed by atoms with Crippen LogP contribution >= 0.6 is 0 Å². The van der Waals surface area contributed by atoms with Crippen LogP contribution in [0.3, 0.4) is 0 Å². The molecule has 1 heterocycles. The number of carbonyl (C=O) groups excluding carboxylic acids is 1. The Kier molecular flexibility index (Phi) is 3.62. The number of hydrogen-bond acceptors (Lipinski definition) is 4. The second-order valence-electron chi connectivity index (χ2n) is 4.66. The molecule has 0 saturated heterocycles. The summed E-state index contributed by atoms with van der Waals surface area (Å²) in [6, 6.07) is 9.46. The summed E-state index contributed by atoms with van der Waals surface area (Å²) in [5.41, 5.74) is 2.30. The molecule has 0 atom stereocenters. The molecule has 21 heavy (non-hydrogen) atoms. The highest BCUT2D eigenvalue weighted by atomic mass is 19.1. The third-order valence-corrected chi connectivity index (χ3v) is 3.27. The monoisotopic (exact) mass is 286 g/mol. The Balaban J connectivity index is 1.83. The van der Waals surface area contributed by atoms with Crippen molar-refractivity contribution in [2.24, 2.45) is 0 Å². The van der Waals surface area contributed by atoms with Gasteiger partial charge in [-0.1, -0.05) is 6.07 Å². The highest BCUT2D eigenvalue weighted by Crippen LogP contribution is 2.26. The average molecular weight is 286 g/mol. The number of ether oxygens (including phenoxy) is 2. The summed E-state index contributed by atoms with van der Waals surface area (Å²) in [6.45, 7) is 0.538. The maximum Gasteiger partial charge on any atom is 0.337 e. The van der Waals surface area contributed by atoms with Gasteiger partial charge in [0.1, 0.15) is 5.75 Å². The lowest BCUT2D eigenvalue weighted by Gasteiger charge is -2.09. The molecule has 0 fully saturated rings. The third-order valence-electron chi connectivity index (χ3n) is 3.27. The summed E-state index contributed by atoms with van der Waals surface area (Å²) in [5, 5.41) is 0. The van der Waals surface area contributed by atoms with Gasteiger partial charge in [0.05, 0.1) is 19.3 Å². The normalized spacial score (nSPS) is 12.5. The van der Waals surface area contributed by atoms with E-state index in [-0.39, 0.29) is 11.3 Å². The molecule has 1 aliphatic heterocycles. The summed E-state index contributed by atoms with van der Waals surface area (Å²) < 4.78 is 29.3. The minimum Gasteiger partial charge on any atom is -0.465 e. The molecule has 0 aromatic heterocycles. The Morgan fingerprint density at radius 2 is 2.14 bits per heavy atom. The van der Waals surface area contributed by atoms with Gasteiger partial charge in [0, 0.05) is 0 Å². The van der Waals surface area contributed by atoms with Crippen LogP contribution in [0.1, 0.15) is 15.9 Å². The zero-order valence-corrected chi connectivity index (χ0v) is 11.4. The van der Waals surface area contributed by atoms with Crippen LogP contribution in [-0.2, 0) is 16.0 Å². The van der Waals surface area contributed by atoms with Gasteiger partial charge in [-0.25, -0.2) is 9.18 Å². The third kappa shape index (κ3) is 2.76. The molecule has 0 unspecified atom stereocenters. The SMILES string of the molecule is COC(=O)c1ccc(Oc2ccc3c(c2)COB3)c(F)c1. The van der Waals surface area contributed by atoms with E-state index in [4.69, 9.17) is 9.39 Å². The van der Waals surface area contributed by atoms with E-state index in [2.05, 4.69) is 4.74 Å². The molecule has 4 nitrogen and oxygen atoms in total. The van der Waals surface area contributed by atoms with Crippen LogP contribution in [0.2, 0.25) is 0 Å². The summed E-state index contributed by atoms with van der Waals surface area (Å²) in [5.74, 6) is -0.615. The molecule has 106 valence electrons. The Bertz CT molecular complexity index is 702. The number of rotatable bonds is 3. The van der Waals surface area contributed by atoms with Crippen LogP contribution in [-0.4, -0.2) is 20.6 Å². The lowest BCUT2D eigenvalue weighted by molar-refractivity contribution is 0.0600. The second kappa shape index (κ2) is 5.57. The standard InChI is InChI=1S/C15H12BFO4/c1-19-15(18)9-2-5-14(13(17)7-9)21-11-3-4-12-10(6-11)8-20-16-12/h2-7,16H,8H2,1H3. The molecule has 1 aliphatic rings. The van der Waals surface area contributed by atoms with E-state index in [0.29, 0.717) is 19.8 Å². The lowest BCUT2D eigenvalue weighted by Crippen LogP contribution is -2.10. The first kappa shape index (κ1) is 13.6. The Labute approximate surface area is 121 Å². The van der Waals surface area contributed by atoms with Crippen molar-refractivity contribution >= 4 is 18.9 Å². The van der Waals surface area contributed by atoms with Crippen LogP contribution < -0.4 is 10.2 Å². The van der Waals surface area contributed by atoms with Gasteiger partial charge >= 0.3 is 13.5 Å². The number of benzene rings is 2. The molecule has 0 saturated carbocycles. The lowest BCUT2D eigenvalue weighted by atomic mass is 9.87. The maximum atomic E-state index is 13.9. The van der Waals surface area contributed by atoms with Crippen molar-refractivity contribution in [3.05, 3.63) is 53.3 Å². The van der Waals surface area contributed by atoms with Gasteiger partial charge in [-0.15, -0.1) is 0 Å². The van der Waals surface area contributed by atoms with Crippen molar-refractivity contribution in [2.45, 2.75) is 6.61 Å². The van der Waals surface area contributed by atoms with Crippen molar-refractivity contribution in [3.8, 4) is 11.5 Å². The van der Waals surface area contributed by atoms with E-state index >= 15 is 0 Å². The van der Waals surface area contributed by atoms with Crippen LogP contribution in [0.5, 0.6) is 11.5 Å². The van der Waals surface area contributed by atoms with E-state index in [1.807, 2.05) is 12.1 Å². The van der Waals surface area contributed by atoms with Crippen LogP contribution in [0.25, 0.3) is 0 Å². The molecule has 0 amide bonds. The number of methoxy groups -OCH3 is 1. The van der Waals surface area contributed by atoms with Gasteiger partial charge in [0.25, 0.3) is 0 Å². The van der Waals surface area contributed by atoms with Crippen molar-refractivity contribution in [1.29, 1.82) is 0 Å². The quantitative estimate of drug-likeness (QED) is 0.638. The molecule has 3 rings (SSSR count). The Morgan fingerprint density at radius 1 is 1.29 bits per heavy atom. The number of fused-ring (bicyclic) bond motifs is 1. The summed E-state index contributed by atoms with van der Waals surface area (Å²) in [7, 11) is 1.84. The molecule has 0 N–H and O–H groups in total. The van der Waals surface area contributed by atoms with Gasteiger partial charge in [-0.3, -0.25) is 0 Å². The van der Waals surface area contributed by atoms with Crippen LogP contribution in [0, 0.1) is 5.82 Å². The number of hydrogen-bond donors (Lipinski definition) is 0. The molecule has 0 bridgehead atoms. The van der Waals surface area contributed by atoms with E-state index in [1.165, 1.54) is 19.2 Å². The Hall–Kier alpha value is -2.34. The number of halogens is 1. The minimum absolute atomic E-state index is 0.0570. The molecule has 6 heteroatoms. The smallest absolute Gasteiger partial charge is 0.337 e. The van der Waals surface area contributed by atoms with Crippen LogP contribution in [0.15, 0.2) is 36.4 Å². The molecule has 2 aromatic carbocycles. The highest BCUT2D eigenvalue weighted by molar-refractivity contribution is 6.48. The first-order valence-corrected chi connectivity index (χ1v) is 6.42. The fraction of sp³-hybridized carbons (Fsp3) is 0.133. The minimum atomic E-state index is -0.616. The van der Waals surface area contributed by atoms with Gasteiger partial charge in [0.2, 0.25) is 0 Å². The van der Waals surface area contributed by atoms with Crippen molar-refractivity contribution in [2.75, 3.05) is 7.11 Å². The molecule has 0 aliphatic carbocycles. The van der Waals surface area contributed by atoms with E-state index < -0.39 is 11.8 Å². The van der Waals surface area contributed by atoms with Crippen molar-refractivity contribution in [1.82, 2.24) is 0 Å². The average Bonchev–Trinajstić information content (AvgIpc) is 2.96. The van der Waals surface area contributed by atoms with Crippen molar-refractivity contribution in [3.63, 3.8) is 0 Å². The largest absolute Gasteiger partial charge is 0.465 e. The predicted molar refractivity (Wildman–Crippen MR) is 75.8 cm³/mol. The predicted octanol–water partition coefficient (Wildman–Crippen LogP) is 1.91. The first-order chi connectivity index (χ1) is 10.2. The van der Waals surface area contributed by atoms with Gasteiger partial charge in [-0.05, 0) is 41.4 Å². The van der Waals surface area contributed by atoms with Gasteiger partial charge < -0.3 is 14.1 Å². The van der Waals surface area contributed by atoms with E-state index in [9.17, 15) is 9.18 Å². The fourth-order valence-electron chi connectivity index (χ4n) is 2.17. The van der Waals surface area contributed by atoms with Crippen LogP contribution in [0.4, 0.5) is 4.39 Å². The summed E-state index contributed by atoms with van der Waals surface area (Å²) in [6.07, 6.45) is 0. The molecular formula is C15H12BFO4. The first-order valence-electron chi connectivity index (χ1n) is 6.42.